The summed E-state index contributed by atoms with van der Waals surface area (Å²) in [4.78, 5) is 0. The molecule has 4 nitrogen and oxygen atoms in total. The van der Waals surface area contributed by atoms with Crippen LogP contribution in [0.25, 0.3) is 5.69 Å². The molecular formula is C11H13FN4. The van der Waals surface area contributed by atoms with Gasteiger partial charge in [-0.15, -0.1) is 10.2 Å². The van der Waals surface area contributed by atoms with Gasteiger partial charge in [-0.2, -0.15) is 0 Å². The standard InChI is InChI=1S/C11H13FN4/c1-8(13)5-11-15-14-7-16(11)10-4-2-3-9(12)6-10/h2-4,6-8H,5,13H2,1H3. The molecule has 0 fully saturated rings. The lowest BCUT2D eigenvalue weighted by atomic mass is 10.2. The Morgan fingerprint density at radius 1 is 1.50 bits per heavy atom. The highest BCUT2D eigenvalue weighted by molar-refractivity contribution is 5.32. The predicted molar refractivity (Wildman–Crippen MR) is 58.7 cm³/mol. The molecular weight excluding hydrogens is 207 g/mol. The van der Waals surface area contributed by atoms with Crippen molar-refractivity contribution >= 4 is 0 Å². The van der Waals surface area contributed by atoms with Gasteiger partial charge in [0.1, 0.15) is 18.0 Å². The Balaban J connectivity index is 2.37. The van der Waals surface area contributed by atoms with Crippen molar-refractivity contribution in [2.45, 2.75) is 19.4 Å². The van der Waals surface area contributed by atoms with Crippen LogP contribution in [0.4, 0.5) is 4.39 Å². The summed E-state index contributed by atoms with van der Waals surface area (Å²) in [5.74, 6) is 0.457. The Morgan fingerprint density at radius 3 is 3.00 bits per heavy atom. The van der Waals surface area contributed by atoms with Crippen LogP contribution in [-0.2, 0) is 6.42 Å². The van der Waals surface area contributed by atoms with Crippen molar-refractivity contribution in [2.24, 2.45) is 5.73 Å². The molecule has 2 rings (SSSR count). The van der Waals surface area contributed by atoms with E-state index < -0.39 is 0 Å². The van der Waals surface area contributed by atoms with Crippen molar-refractivity contribution in [2.75, 3.05) is 0 Å². The van der Waals surface area contributed by atoms with Crippen LogP contribution in [0.5, 0.6) is 0 Å². The van der Waals surface area contributed by atoms with E-state index in [4.69, 9.17) is 5.73 Å². The molecule has 0 saturated carbocycles. The predicted octanol–water partition coefficient (Wildman–Crippen LogP) is 1.30. The lowest BCUT2D eigenvalue weighted by Crippen LogP contribution is -2.20. The van der Waals surface area contributed by atoms with Crippen LogP contribution in [0, 0.1) is 5.82 Å². The monoisotopic (exact) mass is 220 g/mol. The summed E-state index contributed by atoms with van der Waals surface area (Å²) in [6, 6.07) is 6.29. The summed E-state index contributed by atoms with van der Waals surface area (Å²) in [5, 5.41) is 7.79. The Bertz CT molecular complexity index is 478. The van der Waals surface area contributed by atoms with Crippen molar-refractivity contribution < 1.29 is 4.39 Å². The number of rotatable bonds is 3. The highest BCUT2D eigenvalue weighted by Crippen LogP contribution is 2.12. The van der Waals surface area contributed by atoms with Gasteiger partial charge in [0.05, 0.1) is 5.69 Å². The largest absolute Gasteiger partial charge is 0.328 e. The Morgan fingerprint density at radius 2 is 2.31 bits per heavy atom. The Hall–Kier alpha value is -1.75. The molecule has 0 radical (unpaired) electrons. The molecule has 0 aliphatic carbocycles. The number of hydrogen-bond acceptors (Lipinski definition) is 3. The molecule has 0 saturated heterocycles. The Kier molecular flexibility index (Phi) is 2.96. The molecule has 84 valence electrons. The zero-order valence-electron chi connectivity index (χ0n) is 8.97. The maximum atomic E-state index is 13.1. The number of benzene rings is 1. The second kappa shape index (κ2) is 4.40. The van der Waals surface area contributed by atoms with Crippen LogP contribution >= 0.6 is 0 Å². The van der Waals surface area contributed by atoms with Gasteiger partial charge in [0, 0.05) is 12.5 Å². The maximum absolute atomic E-state index is 13.1. The van der Waals surface area contributed by atoms with Gasteiger partial charge in [0.2, 0.25) is 0 Å². The smallest absolute Gasteiger partial charge is 0.138 e. The molecule has 0 aliphatic heterocycles. The van der Waals surface area contributed by atoms with Crippen LogP contribution in [0.1, 0.15) is 12.7 Å². The number of nitrogens with two attached hydrogens (primary N) is 1. The van der Waals surface area contributed by atoms with Crippen LogP contribution in [0.15, 0.2) is 30.6 Å². The minimum Gasteiger partial charge on any atom is -0.328 e. The lowest BCUT2D eigenvalue weighted by molar-refractivity contribution is 0.625. The van der Waals surface area contributed by atoms with Gasteiger partial charge in [0.25, 0.3) is 0 Å². The van der Waals surface area contributed by atoms with Gasteiger partial charge in [0.15, 0.2) is 0 Å². The zero-order valence-corrected chi connectivity index (χ0v) is 8.97. The van der Waals surface area contributed by atoms with Gasteiger partial charge in [-0.1, -0.05) is 6.07 Å². The maximum Gasteiger partial charge on any atom is 0.138 e. The molecule has 2 aromatic rings. The van der Waals surface area contributed by atoms with Crippen molar-refractivity contribution in [3.8, 4) is 5.69 Å². The van der Waals surface area contributed by atoms with Crippen LogP contribution in [-0.4, -0.2) is 20.8 Å². The minimum absolute atomic E-state index is 0.00323. The SMILES string of the molecule is CC(N)Cc1nncn1-c1cccc(F)c1. The molecule has 5 heteroatoms. The first kappa shape index (κ1) is 10.8. The van der Waals surface area contributed by atoms with E-state index in [0.717, 1.165) is 5.82 Å². The summed E-state index contributed by atoms with van der Waals surface area (Å²) in [6.07, 6.45) is 2.17. The summed E-state index contributed by atoms with van der Waals surface area (Å²) in [7, 11) is 0. The van der Waals surface area contributed by atoms with Crippen molar-refractivity contribution in [1.82, 2.24) is 14.8 Å². The molecule has 1 atom stereocenters. The van der Waals surface area contributed by atoms with E-state index in [1.807, 2.05) is 6.92 Å². The van der Waals surface area contributed by atoms with Crippen LogP contribution < -0.4 is 5.73 Å². The highest BCUT2D eigenvalue weighted by atomic mass is 19.1. The van der Waals surface area contributed by atoms with E-state index in [1.54, 1.807) is 23.0 Å². The van der Waals surface area contributed by atoms with E-state index in [2.05, 4.69) is 10.2 Å². The normalized spacial score (nSPS) is 12.7. The van der Waals surface area contributed by atoms with E-state index in [-0.39, 0.29) is 11.9 Å². The Labute approximate surface area is 92.9 Å². The molecule has 0 spiro atoms. The quantitative estimate of drug-likeness (QED) is 0.848. The van der Waals surface area contributed by atoms with Crippen LogP contribution in [0.2, 0.25) is 0 Å². The summed E-state index contributed by atoms with van der Waals surface area (Å²) in [5.41, 5.74) is 6.41. The second-order valence-electron chi connectivity index (χ2n) is 3.78. The van der Waals surface area contributed by atoms with Gasteiger partial charge < -0.3 is 5.73 Å². The van der Waals surface area contributed by atoms with Gasteiger partial charge >= 0.3 is 0 Å². The fourth-order valence-electron chi connectivity index (χ4n) is 1.53. The topological polar surface area (TPSA) is 56.7 Å². The van der Waals surface area contributed by atoms with E-state index in [9.17, 15) is 4.39 Å². The second-order valence-corrected chi connectivity index (χ2v) is 3.78. The van der Waals surface area contributed by atoms with E-state index >= 15 is 0 Å². The average molecular weight is 220 g/mol. The molecule has 2 N–H and O–H groups in total. The number of hydrogen-bond donors (Lipinski definition) is 1. The third kappa shape index (κ3) is 2.25. The fourth-order valence-corrected chi connectivity index (χ4v) is 1.53. The third-order valence-corrected chi connectivity index (χ3v) is 2.21. The zero-order chi connectivity index (χ0) is 11.5. The minimum atomic E-state index is -0.280. The summed E-state index contributed by atoms with van der Waals surface area (Å²) >= 11 is 0. The molecule has 1 heterocycles. The van der Waals surface area contributed by atoms with Gasteiger partial charge in [-0.25, -0.2) is 4.39 Å². The summed E-state index contributed by atoms with van der Waals surface area (Å²) < 4.78 is 14.8. The van der Waals surface area contributed by atoms with E-state index in [0.29, 0.717) is 12.1 Å². The van der Waals surface area contributed by atoms with Crippen molar-refractivity contribution in [3.63, 3.8) is 0 Å². The molecule has 1 aromatic heterocycles. The van der Waals surface area contributed by atoms with Gasteiger partial charge in [-0.3, -0.25) is 4.57 Å². The first-order chi connectivity index (χ1) is 7.66. The fraction of sp³-hybridized carbons (Fsp3) is 0.273. The molecule has 0 bridgehead atoms. The van der Waals surface area contributed by atoms with E-state index in [1.165, 1.54) is 12.1 Å². The van der Waals surface area contributed by atoms with Crippen molar-refractivity contribution in [3.05, 3.63) is 42.2 Å². The van der Waals surface area contributed by atoms with Crippen LogP contribution in [0.3, 0.4) is 0 Å². The first-order valence-electron chi connectivity index (χ1n) is 5.07. The molecule has 1 unspecified atom stereocenters. The average Bonchev–Trinajstić information content (AvgIpc) is 2.65. The van der Waals surface area contributed by atoms with Gasteiger partial charge in [-0.05, 0) is 25.1 Å². The highest BCUT2D eigenvalue weighted by Gasteiger charge is 2.08. The number of nitrogens with zero attached hydrogens (tertiary/aromatic N) is 3. The third-order valence-electron chi connectivity index (χ3n) is 2.21. The van der Waals surface area contributed by atoms with Crippen molar-refractivity contribution in [1.29, 1.82) is 0 Å². The lowest BCUT2D eigenvalue weighted by Gasteiger charge is -2.08. The summed E-state index contributed by atoms with van der Waals surface area (Å²) in [6.45, 7) is 1.89. The number of aromatic nitrogens is 3. The molecule has 0 amide bonds. The molecule has 0 aliphatic rings. The molecule has 16 heavy (non-hydrogen) atoms. The molecule has 1 aromatic carbocycles. The number of halogens is 1. The first-order valence-corrected chi connectivity index (χ1v) is 5.07.